The van der Waals surface area contributed by atoms with Gasteiger partial charge in [-0.05, 0) is 39.7 Å². The largest absolute Gasteiger partial charge is 0.382 e. The highest BCUT2D eigenvalue weighted by molar-refractivity contribution is 7.91. The molecule has 0 unspecified atom stereocenters. The van der Waals surface area contributed by atoms with Gasteiger partial charge in [0.1, 0.15) is 10.7 Å². The van der Waals surface area contributed by atoms with Crippen LogP contribution < -0.4 is 10.6 Å². The third-order valence-electron chi connectivity index (χ3n) is 7.36. The van der Waals surface area contributed by atoms with Gasteiger partial charge in [0.05, 0.1) is 17.6 Å². The van der Waals surface area contributed by atoms with Crippen molar-refractivity contribution < 1.29 is 13.2 Å². The number of nitrogens with two attached hydrogens (primary N) is 1. The smallest absolute Gasteiger partial charge is 0.291 e. The van der Waals surface area contributed by atoms with Crippen LogP contribution in [0, 0.1) is 0 Å². The summed E-state index contributed by atoms with van der Waals surface area (Å²) in [6.07, 6.45) is 5.11. The number of amides is 1. The highest BCUT2D eigenvalue weighted by Crippen LogP contribution is 2.31. The molecular weight excluding hydrogens is 580 g/mol. The van der Waals surface area contributed by atoms with Crippen molar-refractivity contribution in [1.82, 2.24) is 39.7 Å². The predicted octanol–water partition coefficient (Wildman–Crippen LogP) is 3.50. The average Bonchev–Trinajstić information content (AvgIpc) is 3.64. The van der Waals surface area contributed by atoms with Crippen molar-refractivity contribution in [1.29, 1.82) is 0 Å². The number of hydrogen-bond donors (Lipinski definition) is 2. The molecule has 0 fully saturated rings. The quantitative estimate of drug-likeness (QED) is 0.237. The highest BCUT2D eigenvalue weighted by atomic mass is 32.2. The first-order chi connectivity index (χ1) is 20.9. The molecule has 0 aliphatic carbocycles. The number of nitrogens with one attached hydrogen (secondary N) is 1. The van der Waals surface area contributed by atoms with E-state index in [-0.39, 0.29) is 40.9 Å². The maximum absolute atomic E-state index is 13.4. The number of rotatable bonds is 10. The van der Waals surface area contributed by atoms with Crippen molar-refractivity contribution in [2.45, 2.75) is 50.6 Å². The number of sulfone groups is 1. The summed E-state index contributed by atoms with van der Waals surface area (Å²) in [5.41, 5.74) is 10.4. The molecule has 13 nitrogen and oxygen atoms in total. The number of aromatic amines is 1. The molecule has 5 rings (SSSR count). The van der Waals surface area contributed by atoms with Crippen molar-refractivity contribution >= 4 is 33.2 Å². The van der Waals surface area contributed by atoms with Gasteiger partial charge in [0.15, 0.2) is 15.5 Å². The van der Waals surface area contributed by atoms with Crippen molar-refractivity contribution in [2.75, 3.05) is 31.0 Å². The van der Waals surface area contributed by atoms with Gasteiger partial charge in [-0.3, -0.25) is 14.9 Å². The second kappa shape index (κ2) is 12.0. The second-order valence-electron chi connectivity index (χ2n) is 11.2. The van der Waals surface area contributed by atoms with Crippen LogP contribution in [0.25, 0.3) is 28.0 Å². The molecule has 0 bridgehead atoms. The van der Waals surface area contributed by atoms with E-state index in [1.54, 1.807) is 36.3 Å². The number of pyridine rings is 1. The van der Waals surface area contributed by atoms with E-state index >= 15 is 0 Å². The third-order valence-corrected chi connectivity index (χ3v) is 8.55. The van der Waals surface area contributed by atoms with Gasteiger partial charge >= 0.3 is 0 Å². The fraction of sp³-hybridized carbons (Fsp3) is 0.333. The Balaban J connectivity index is 1.47. The monoisotopic (exact) mass is 616 g/mol. The molecule has 3 N–H and O–H groups in total. The van der Waals surface area contributed by atoms with Crippen LogP contribution in [0.5, 0.6) is 0 Å². The molecule has 1 aromatic carbocycles. The van der Waals surface area contributed by atoms with E-state index in [1.165, 1.54) is 4.52 Å². The van der Waals surface area contributed by atoms with E-state index < -0.39 is 9.84 Å². The standard InChI is InChI=1S/C30H36N10O3S/c1-18(2)39(29(41)27-35-30(37-36-27)38(4)5)19(3)12-14-24-25(44(6,42)43)26(31)40-28(34-24)22(17-33-40)21-13-15-23(32-16-21)20-10-8-7-9-11-20/h7-11,13,15-19H,12,14,31H2,1-6H3,(H,35,36,37)/t19-/m1/s1. The minimum absolute atomic E-state index is 0.0186. The Morgan fingerprint density at radius 2 is 1.75 bits per heavy atom. The maximum Gasteiger partial charge on any atom is 0.291 e. The first-order valence-corrected chi connectivity index (χ1v) is 16.1. The number of carbonyl (C=O) groups is 1. The van der Waals surface area contributed by atoms with Gasteiger partial charge in [-0.25, -0.2) is 13.4 Å². The summed E-state index contributed by atoms with van der Waals surface area (Å²) in [4.78, 5) is 30.5. The number of carbonyl (C=O) groups excluding carboxylic acids is 1. The number of hydrogen-bond acceptors (Lipinski definition) is 10. The van der Waals surface area contributed by atoms with Gasteiger partial charge < -0.3 is 15.5 Å². The van der Waals surface area contributed by atoms with E-state index in [0.717, 1.165) is 23.1 Å². The molecule has 0 radical (unpaired) electrons. The van der Waals surface area contributed by atoms with Crippen LogP contribution in [0.15, 0.2) is 59.8 Å². The van der Waals surface area contributed by atoms with Gasteiger partial charge in [0, 0.05) is 55.3 Å². The molecule has 0 aliphatic rings. The van der Waals surface area contributed by atoms with Crippen LogP contribution in [-0.4, -0.2) is 86.4 Å². The van der Waals surface area contributed by atoms with Crippen LogP contribution >= 0.6 is 0 Å². The number of benzene rings is 1. The summed E-state index contributed by atoms with van der Waals surface area (Å²) >= 11 is 0. The lowest BCUT2D eigenvalue weighted by atomic mass is 10.1. The molecule has 0 saturated heterocycles. The average molecular weight is 617 g/mol. The first kappa shape index (κ1) is 30.6. The zero-order valence-electron chi connectivity index (χ0n) is 25.6. The maximum atomic E-state index is 13.4. The van der Waals surface area contributed by atoms with E-state index in [2.05, 4.69) is 25.3 Å². The Kier molecular flexibility index (Phi) is 8.37. The van der Waals surface area contributed by atoms with E-state index in [9.17, 15) is 13.2 Å². The van der Waals surface area contributed by atoms with Crippen molar-refractivity contribution in [3.63, 3.8) is 0 Å². The van der Waals surface area contributed by atoms with Crippen LogP contribution in [0.2, 0.25) is 0 Å². The Bertz CT molecular complexity index is 1900. The Hall–Kier alpha value is -4.85. The molecule has 1 amide bonds. The summed E-state index contributed by atoms with van der Waals surface area (Å²) < 4.78 is 27.2. The summed E-state index contributed by atoms with van der Waals surface area (Å²) in [7, 11) is -0.187. The Morgan fingerprint density at radius 1 is 1.02 bits per heavy atom. The molecule has 1 atom stereocenters. The number of aromatic nitrogens is 7. The molecule has 44 heavy (non-hydrogen) atoms. The summed E-state index contributed by atoms with van der Waals surface area (Å²) in [6.45, 7) is 5.74. The van der Waals surface area contributed by atoms with E-state index in [0.29, 0.717) is 29.3 Å². The predicted molar refractivity (Wildman–Crippen MR) is 169 cm³/mol. The molecule has 4 aromatic heterocycles. The Labute approximate surface area is 256 Å². The minimum Gasteiger partial charge on any atom is -0.382 e. The second-order valence-corrected chi connectivity index (χ2v) is 13.2. The fourth-order valence-corrected chi connectivity index (χ4v) is 6.30. The third kappa shape index (κ3) is 5.97. The van der Waals surface area contributed by atoms with Crippen LogP contribution in [-0.2, 0) is 16.3 Å². The number of anilines is 2. The summed E-state index contributed by atoms with van der Waals surface area (Å²) in [5.74, 6) is 0.210. The molecular formula is C30H36N10O3S. The van der Waals surface area contributed by atoms with Gasteiger partial charge in [-0.1, -0.05) is 36.4 Å². The lowest BCUT2D eigenvalue weighted by molar-refractivity contribution is 0.0604. The first-order valence-electron chi connectivity index (χ1n) is 14.2. The lowest BCUT2D eigenvalue weighted by Crippen LogP contribution is -2.44. The SMILES string of the molecule is CC(C)N(C(=O)c1nc(N(C)C)n[nH]1)[C@H](C)CCc1nc2c(-c3ccc(-c4ccccc4)nc3)cnn2c(N)c1S(C)(=O)=O. The Morgan fingerprint density at radius 3 is 2.34 bits per heavy atom. The highest BCUT2D eigenvalue weighted by Gasteiger charge is 2.29. The number of fused-ring (bicyclic) bond motifs is 1. The number of aryl methyl sites for hydroxylation is 1. The van der Waals surface area contributed by atoms with Gasteiger partial charge in [0.2, 0.25) is 11.8 Å². The van der Waals surface area contributed by atoms with Crippen LogP contribution in [0.4, 0.5) is 11.8 Å². The number of H-pyrrole nitrogens is 1. The normalized spacial score (nSPS) is 12.5. The summed E-state index contributed by atoms with van der Waals surface area (Å²) in [6, 6.07) is 13.2. The number of nitrogens with zero attached hydrogens (tertiary/aromatic N) is 8. The fourth-order valence-electron chi connectivity index (χ4n) is 5.26. The van der Waals surface area contributed by atoms with Crippen molar-refractivity contribution in [2.24, 2.45) is 0 Å². The molecule has 0 aliphatic heterocycles. The molecule has 5 aromatic rings. The number of nitrogen functional groups attached to an aromatic ring is 1. The summed E-state index contributed by atoms with van der Waals surface area (Å²) in [5, 5.41) is 11.2. The van der Waals surface area contributed by atoms with Crippen molar-refractivity contribution in [3.8, 4) is 22.4 Å². The van der Waals surface area contributed by atoms with Crippen LogP contribution in [0.3, 0.4) is 0 Å². The van der Waals surface area contributed by atoms with Gasteiger partial charge in [0.25, 0.3) is 5.91 Å². The van der Waals surface area contributed by atoms with Gasteiger partial charge in [-0.2, -0.15) is 14.6 Å². The topological polar surface area (TPSA) is 168 Å². The van der Waals surface area contributed by atoms with E-state index in [4.69, 9.17) is 10.7 Å². The van der Waals surface area contributed by atoms with Crippen LogP contribution in [0.1, 0.15) is 43.5 Å². The molecule has 230 valence electrons. The van der Waals surface area contributed by atoms with Crippen molar-refractivity contribution in [3.05, 3.63) is 66.4 Å². The zero-order valence-corrected chi connectivity index (χ0v) is 26.4. The molecule has 0 saturated carbocycles. The minimum atomic E-state index is -3.77. The van der Waals surface area contributed by atoms with E-state index in [1.807, 2.05) is 63.2 Å². The lowest BCUT2D eigenvalue weighted by Gasteiger charge is -2.32. The zero-order chi connectivity index (χ0) is 31.8. The molecule has 0 spiro atoms. The van der Waals surface area contributed by atoms with Gasteiger partial charge in [-0.15, -0.1) is 5.10 Å². The molecule has 14 heteroatoms. The molecule has 4 heterocycles.